The molecular formula is C23H24FN5O. The van der Waals surface area contributed by atoms with Crippen molar-refractivity contribution in [3.05, 3.63) is 66.5 Å². The molecule has 7 heteroatoms. The number of halogens is 1. The van der Waals surface area contributed by atoms with Crippen LogP contribution in [0.25, 0.3) is 11.3 Å². The molecule has 30 heavy (non-hydrogen) atoms. The molecule has 4 rings (SSSR count). The molecule has 3 aromatic rings. The van der Waals surface area contributed by atoms with E-state index >= 15 is 0 Å². The van der Waals surface area contributed by atoms with Gasteiger partial charge >= 0.3 is 6.03 Å². The van der Waals surface area contributed by atoms with Crippen LogP contribution < -0.4 is 15.5 Å². The minimum absolute atomic E-state index is 0.130. The predicted molar refractivity (Wildman–Crippen MR) is 117 cm³/mol. The molecule has 1 fully saturated rings. The van der Waals surface area contributed by atoms with Crippen molar-refractivity contribution in [2.75, 3.05) is 28.6 Å². The van der Waals surface area contributed by atoms with Gasteiger partial charge in [0.15, 0.2) is 5.82 Å². The number of para-hydroxylation sites is 1. The lowest BCUT2D eigenvalue weighted by Crippen LogP contribution is -2.33. The number of carbonyl (C=O) groups excluding carboxylic acids is 1. The molecule has 1 aliphatic heterocycles. The SMILES string of the molecule is CC1CCN(c2ccc(-c3ccc(NC(=O)Nc4ccccc4F)cc3)nn2)CC1. The van der Waals surface area contributed by atoms with E-state index in [4.69, 9.17) is 0 Å². The number of piperidine rings is 1. The summed E-state index contributed by atoms with van der Waals surface area (Å²) in [6.07, 6.45) is 2.37. The van der Waals surface area contributed by atoms with Crippen LogP contribution in [0.3, 0.4) is 0 Å². The zero-order valence-corrected chi connectivity index (χ0v) is 16.8. The van der Waals surface area contributed by atoms with Gasteiger partial charge in [0.1, 0.15) is 5.82 Å². The number of anilines is 3. The molecule has 1 aromatic heterocycles. The van der Waals surface area contributed by atoms with Crippen LogP contribution in [-0.2, 0) is 0 Å². The average Bonchev–Trinajstić information content (AvgIpc) is 2.77. The summed E-state index contributed by atoms with van der Waals surface area (Å²) < 4.78 is 13.6. The topological polar surface area (TPSA) is 70.2 Å². The molecule has 2 heterocycles. The third kappa shape index (κ3) is 4.74. The summed E-state index contributed by atoms with van der Waals surface area (Å²) in [4.78, 5) is 14.4. The molecule has 154 valence electrons. The monoisotopic (exact) mass is 405 g/mol. The third-order valence-electron chi connectivity index (χ3n) is 5.32. The highest BCUT2D eigenvalue weighted by Gasteiger charge is 2.17. The van der Waals surface area contributed by atoms with Crippen molar-refractivity contribution in [2.24, 2.45) is 5.92 Å². The number of nitrogens with zero attached hydrogens (tertiary/aromatic N) is 3. The minimum atomic E-state index is -0.507. The zero-order valence-electron chi connectivity index (χ0n) is 16.8. The van der Waals surface area contributed by atoms with Crippen molar-refractivity contribution in [2.45, 2.75) is 19.8 Å². The van der Waals surface area contributed by atoms with Crippen LogP contribution in [0, 0.1) is 11.7 Å². The van der Waals surface area contributed by atoms with E-state index in [2.05, 4.69) is 32.7 Å². The van der Waals surface area contributed by atoms with Gasteiger partial charge in [0.25, 0.3) is 0 Å². The Labute approximate surface area is 175 Å². The second-order valence-corrected chi connectivity index (χ2v) is 7.58. The molecule has 0 aliphatic carbocycles. The summed E-state index contributed by atoms with van der Waals surface area (Å²) in [7, 11) is 0. The minimum Gasteiger partial charge on any atom is -0.355 e. The summed E-state index contributed by atoms with van der Waals surface area (Å²) >= 11 is 0. The van der Waals surface area contributed by atoms with Crippen LogP contribution in [0.5, 0.6) is 0 Å². The van der Waals surface area contributed by atoms with Gasteiger partial charge in [0, 0.05) is 24.3 Å². The summed E-state index contributed by atoms with van der Waals surface area (Å²) in [5.74, 6) is 1.20. The molecule has 0 radical (unpaired) electrons. The first kappa shape index (κ1) is 19.8. The number of hydrogen-bond donors (Lipinski definition) is 2. The van der Waals surface area contributed by atoms with E-state index in [1.54, 1.807) is 24.3 Å². The summed E-state index contributed by atoms with van der Waals surface area (Å²) in [6, 6.07) is 16.8. The van der Waals surface area contributed by atoms with E-state index in [0.29, 0.717) is 5.69 Å². The van der Waals surface area contributed by atoms with Gasteiger partial charge in [0.05, 0.1) is 11.4 Å². The fraction of sp³-hybridized carbons (Fsp3) is 0.261. The number of carbonyl (C=O) groups is 1. The third-order valence-corrected chi connectivity index (χ3v) is 5.32. The molecule has 0 bridgehead atoms. The Morgan fingerprint density at radius 2 is 1.70 bits per heavy atom. The second-order valence-electron chi connectivity index (χ2n) is 7.58. The summed E-state index contributed by atoms with van der Waals surface area (Å²) in [5.41, 5.74) is 2.40. The second kappa shape index (κ2) is 8.90. The van der Waals surface area contributed by atoms with E-state index in [1.807, 2.05) is 24.3 Å². The average molecular weight is 405 g/mol. The molecule has 2 N–H and O–H groups in total. The fourth-order valence-electron chi connectivity index (χ4n) is 3.46. The highest BCUT2D eigenvalue weighted by molar-refractivity contribution is 5.99. The number of nitrogens with one attached hydrogen (secondary N) is 2. The summed E-state index contributed by atoms with van der Waals surface area (Å²) in [6.45, 7) is 4.32. The zero-order chi connectivity index (χ0) is 20.9. The maximum atomic E-state index is 13.6. The van der Waals surface area contributed by atoms with Gasteiger partial charge in [-0.15, -0.1) is 10.2 Å². The fourth-order valence-corrected chi connectivity index (χ4v) is 3.46. The Balaban J connectivity index is 1.37. The number of rotatable bonds is 4. The van der Waals surface area contributed by atoms with Crippen LogP contribution in [0.2, 0.25) is 0 Å². The van der Waals surface area contributed by atoms with Crippen LogP contribution in [0.1, 0.15) is 19.8 Å². The van der Waals surface area contributed by atoms with Crippen molar-refractivity contribution < 1.29 is 9.18 Å². The van der Waals surface area contributed by atoms with E-state index in [0.717, 1.165) is 36.1 Å². The molecule has 2 aromatic carbocycles. The molecule has 0 atom stereocenters. The van der Waals surface area contributed by atoms with E-state index in [-0.39, 0.29) is 5.69 Å². The molecule has 2 amide bonds. The lowest BCUT2D eigenvalue weighted by atomic mass is 9.99. The Hall–Kier alpha value is -3.48. The number of hydrogen-bond acceptors (Lipinski definition) is 4. The van der Waals surface area contributed by atoms with Crippen molar-refractivity contribution in [3.8, 4) is 11.3 Å². The van der Waals surface area contributed by atoms with Crippen LogP contribution in [0.15, 0.2) is 60.7 Å². The number of urea groups is 1. The molecule has 1 aliphatic rings. The number of aromatic nitrogens is 2. The van der Waals surface area contributed by atoms with Crippen molar-refractivity contribution in [1.82, 2.24) is 10.2 Å². The van der Waals surface area contributed by atoms with Gasteiger partial charge in [-0.05, 0) is 55.2 Å². The maximum Gasteiger partial charge on any atom is 0.323 e. The Morgan fingerprint density at radius 3 is 2.37 bits per heavy atom. The van der Waals surface area contributed by atoms with Gasteiger partial charge in [0.2, 0.25) is 0 Å². The standard InChI is InChI=1S/C23H24FN5O/c1-16-12-14-29(15-13-16)22-11-10-20(27-28-22)17-6-8-18(9-7-17)25-23(30)26-21-5-3-2-4-19(21)24/h2-11,16H,12-15H2,1H3,(H2,25,26,30). The highest BCUT2D eigenvalue weighted by Crippen LogP contribution is 2.24. The molecular weight excluding hydrogens is 381 g/mol. The summed E-state index contributed by atoms with van der Waals surface area (Å²) in [5, 5.41) is 13.9. The Morgan fingerprint density at radius 1 is 0.967 bits per heavy atom. The molecule has 1 saturated heterocycles. The van der Waals surface area contributed by atoms with E-state index < -0.39 is 11.8 Å². The van der Waals surface area contributed by atoms with Crippen LogP contribution >= 0.6 is 0 Å². The van der Waals surface area contributed by atoms with Crippen molar-refractivity contribution in [3.63, 3.8) is 0 Å². The molecule has 0 saturated carbocycles. The largest absolute Gasteiger partial charge is 0.355 e. The first-order valence-corrected chi connectivity index (χ1v) is 10.1. The maximum absolute atomic E-state index is 13.6. The van der Waals surface area contributed by atoms with Gasteiger partial charge in [-0.2, -0.15) is 0 Å². The van der Waals surface area contributed by atoms with Crippen molar-refractivity contribution in [1.29, 1.82) is 0 Å². The molecule has 0 unspecified atom stereocenters. The van der Waals surface area contributed by atoms with Crippen molar-refractivity contribution >= 4 is 23.2 Å². The first-order chi connectivity index (χ1) is 14.6. The lowest BCUT2D eigenvalue weighted by Gasteiger charge is -2.30. The van der Waals surface area contributed by atoms with E-state index in [9.17, 15) is 9.18 Å². The van der Waals surface area contributed by atoms with Gasteiger partial charge < -0.3 is 15.5 Å². The number of amides is 2. The van der Waals surface area contributed by atoms with Gasteiger partial charge in [-0.25, -0.2) is 9.18 Å². The lowest BCUT2D eigenvalue weighted by molar-refractivity contribution is 0.262. The van der Waals surface area contributed by atoms with Crippen LogP contribution in [-0.4, -0.2) is 29.3 Å². The first-order valence-electron chi connectivity index (χ1n) is 10.1. The van der Waals surface area contributed by atoms with E-state index in [1.165, 1.54) is 25.0 Å². The quantitative estimate of drug-likeness (QED) is 0.629. The van der Waals surface area contributed by atoms with Gasteiger partial charge in [-0.1, -0.05) is 31.2 Å². The van der Waals surface area contributed by atoms with Gasteiger partial charge in [-0.3, -0.25) is 0 Å². The number of benzene rings is 2. The Kier molecular flexibility index (Phi) is 5.88. The highest BCUT2D eigenvalue weighted by atomic mass is 19.1. The normalized spacial score (nSPS) is 14.4. The Bertz CT molecular complexity index is 999. The molecule has 0 spiro atoms. The smallest absolute Gasteiger partial charge is 0.323 e. The molecule has 6 nitrogen and oxygen atoms in total. The van der Waals surface area contributed by atoms with Crippen LogP contribution in [0.4, 0.5) is 26.4 Å². The predicted octanol–water partition coefficient (Wildman–Crippen LogP) is 5.16.